The Kier molecular flexibility index (Phi) is 5.63. The molecule has 3 rings (SSSR count). The summed E-state index contributed by atoms with van der Waals surface area (Å²) in [5.74, 6) is -0.852. The van der Waals surface area contributed by atoms with Crippen molar-refractivity contribution in [3.63, 3.8) is 0 Å². The van der Waals surface area contributed by atoms with E-state index >= 15 is 0 Å². The number of hydroxylamine groups is 1. The number of benzene rings is 2. The van der Waals surface area contributed by atoms with Gasteiger partial charge in [0.2, 0.25) is 0 Å². The number of aryl methyl sites for hydroxylation is 1. The van der Waals surface area contributed by atoms with Gasteiger partial charge in [0.15, 0.2) is 0 Å². The number of rotatable bonds is 6. The third-order valence-electron chi connectivity index (χ3n) is 4.08. The summed E-state index contributed by atoms with van der Waals surface area (Å²) in [7, 11) is 0. The second-order valence-electron chi connectivity index (χ2n) is 6.03. The van der Waals surface area contributed by atoms with Crippen LogP contribution in [0.3, 0.4) is 0 Å². The maximum Gasteiger partial charge on any atom is 0.274 e. The van der Waals surface area contributed by atoms with Crippen molar-refractivity contribution in [2.75, 3.05) is 18.4 Å². The van der Waals surface area contributed by atoms with Gasteiger partial charge in [-0.25, -0.2) is 5.48 Å². The van der Waals surface area contributed by atoms with Crippen LogP contribution in [-0.2, 0) is 0 Å². The Morgan fingerprint density at radius 1 is 0.963 bits per heavy atom. The topological polar surface area (TPSA) is 103 Å². The third kappa shape index (κ3) is 4.39. The number of hydrogen-bond donors (Lipinski definition) is 4. The van der Waals surface area contributed by atoms with E-state index in [2.05, 4.69) is 15.6 Å². The number of hydrogen-bond acceptors (Lipinski definition) is 5. The van der Waals surface area contributed by atoms with Gasteiger partial charge in [-0.3, -0.25) is 19.8 Å². The van der Waals surface area contributed by atoms with E-state index in [1.807, 2.05) is 37.3 Å². The molecule has 0 fully saturated rings. The lowest BCUT2D eigenvalue weighted by Crippen LogP contribution is -2.29. The molecule has 0 aliphatic rings. The van der Waals surface area contributed by atoms with Gasteiger partial charge in [-0.15, -0.1) is 0 Å². The van der Waals surface area contributed by atoms with Crippen molar-refractivity contribution < 1.29 is 14.8 Å². The zero-order valence-corrected chi connectivity index (χ0v) is 14.8. The molecule has 27 heavy (non-hydrogen) atoms. The third-order valence-corrected chi connectivity index (χ3v) is 4.08. The monoisotopic (exact) mass is 364 g/mol. The molecule has 0 aliphatic carbocycles. The van der Waals surface area contributed by atoms with Crippen LogP contribution in [0, 0.1) is 6.92 Å². The second kappa shape index (κ2) is 8.29. The fourth-order valence-corrected chi connectivity index (χ4v) is 2.77. The van der Waals surface area contributed by atoms with E-state index in [-0.39, 0.29) is 11.5 Å². The van der Waals surface area contributed by atoms with Gasteiger partial charge in [-0.2, -0.15) is 0 Å². The van der Waals surface area contributed by atoms with E-state index in [0.717, 1.165) is 22.3 Å². The molecule has 0 unspecified atom stereocenters. The van der Waals surface area contributed by atoms with E-state index in [4.69, 9.17) is 5.21 Å². The van der Waals surface area contributed by atoms with Gasteiger partial charge < -0.3 is 10.6 Å². The molecule has 7 heteroatoms. The van der Waals surface area contributed by atoms with Gasteiger partial charge in [-0.1, -0.05) is 18.2 Å². The minimum atomic E-state index is -0.619. The predicted molar refractivity (Wildman–Crippen MR) is 103 cm³/mol. The summed E-state index contributed by atoms with van der Waals surface area (Å²) in [6, 6.07) is 15.9. The number of nitrogens with zero attached hydrogens (tertiary/aromatic N) is 1. The number of para-hydroxylation sites is 1. The number of amides is 2. The molecule has 2 amide bonds. The summed E-state index contributed by atoms with van der Waals surface area (Å²) in [6.45, 7) is 2.94. The van der Waals surface area contributed by atoms with Gasteiger partial charge in [0.25, 0.3) is 11.8 Å². The molecule has 1 heterocycles. The van der Waals surface area contributed by atoms with Crippen LogP contribution in [0.5, 0.6) is 0 Å². The van der Waals surface area contributed by atoms with Gasteiger partial charge in [0.05, 0.1) is 5.52 Å². The zero-order chi connectivity index (χ0) is 19.2. The summed E-state index contributed by atoms with van der Waals surface area (Å²) in [6.07, 6.45) is 0. The van der Waals surface area contributed by atoms with Crippen molar-refractivity contribution in [1.29, 1.82) is 0 Å². The summed E-state index contributed by atoms with van der Waals surface area (Å²) >= 11 is 0. The fraction of sp³-hybridized carbons (Fsp3) is 0.150. The highest BCUT2D eigenvalue weighted by Crippen LogP contribution is 2.22. The van der Waals surface area contributed by atoms with Crippen LogP contribution in [0.4, 0.5) is 5.69 Å². The fourth-order valence-electron chi connectivity index (χ4n) is 2.77. The maximum atomic E-state index is 12.2. The second-order valence-corrected chi connectivity index (χ2v) is 6.03. The zero-order valence-electron chi connectivity index (χ0n) is 14.8. The molecule has 0 aliphatic heterocycles. The normalized spacial score (nSPS) is 10.4. The van der Waals surface area contributed by atoms with E-state index in [1.165, 1.54) is 24.3 Å². The minimum absolute atomic E-state index is 0.233. The standard InChI is InChI=1S/C20H20N4O3/c1-13-12-18(16-4-2-3-5-17(16)23-13)21-10-11-22-19(25)14-6-8-15(9-7-14)20(26)24-27/h2-9,12,27H,10-11H2,1H3,(H,21,23)(H,22,25)(H,24,26). The van der Waals surface area contributed by atoms with Crippen LogP contribution in [0.1, 0.15) is 26.4 Å². The maximum absolute atomic E-state index is 12.2. The first-order valence-corrected chi connectivity index (χ1v) is 8.51. The lowest BCUT2D eigenvalue weighted by Gasteiger charge is -2.11. The van der Waals surface area contributed by atoms with E-state index in [0.29, 0.717) is 18.7 Å². The number of carbonyl (C=O) groups excluding carboxylic acids is 2. The first-order valence-electron chi connectivity index (χ1n) is 8.51. The molecule has 2 aromatic carbocycles. The number of pyridine rings is 1. The van der Waals surface area contributed by atoms with Crippen LogP contribution < -0.4 is 16.1 Å². The van der Waals surface area contributed by atoms with Crippen molar-refractivity contribution in [2.24, 2.45) is 0 Å². The Morgan fingerprint density at radius 3 is 2.33 bits per heavy atom. The van der Waals surface area contributed by atoms with Crippen molar-refractivity contribution in [3.05, 3.63) is 71.4 Å². The Bertz CT molecular complexity index is 971. The number of fused-ring (bicyclic) bond motifs is 1. The van der Waals surface area contributed by atoms with Crippen molar-refractivity contribution in [3.8, 4) is 0 Å². The van der Waals surface area contributed by atoms with Crippen LogP contribution >= 0.6 is 0 Å². The SMILES string of the molecule is Cc1cc(NCCNC(=O)c2ccc(C(=O)NO)cc2)c2ccccc2n1. The van der Waals surface area contributed by atoms with Crippen LogP contribution in [0.25, 0.3) is 10.9 Å². The van der Waals surface area contributed by atoms with Crippen LogP contribution in [0.15, 0.2) is 54.6 Å². The van der Waals surface area contributed by atoms with Gasteiger partial charge in [0, 0.05) is 41.0 Å². The Balaban J connectivity index is 1.56. The highest BCUT2D eigenvalue weighted by atomic mass is 16.5. The van der Waals surface area contributed by atoms with Crippen LogP contribution in [0.2, 0.25) is 0 Å². The Labute approximate surface area is 156 Å². The first-order chi connectivity index (χ1) is 13.1. The minimum Gasteiger partial charge on any atom is -0.383 e. The quantitative estimate of drug-likeness (QED) is 0.306. The van der Waals surface area contributed by atoms with E-state index < -0.39 is 5.91 Å². The molecule has 0 saturated heterocycles. The van der Waals surface area contributed by atoms with Crippen molar-refractivity contribution in [1.82, 2.24) is 15.8 Å². The lowest BCUT2D eigenvalue weighted by molar-refractivity contribution is 0.0706. The van der Waals surface area contributed by atoms with Crippen LogP contribution in [-0.4, -0.2) is 35.1 Å². The summed E-state index contributed by atoms with van der Waals surface area (Å²) in [5.41, 5.74) is 5.09. The average Bonchev–Trinajstić information content (AvgIpc) is 2.70. The summed E-state index contributed by atoms with van der Waals surface area (Å²) in [5, 5.41) is 15.8. The Morgan fingerprint density at radius 2 is 1.63 bits per heavy atom. The summed E-state index contributed by atoms with van der Waals surface area (Å²) < 4.78 is 0. The average molecular weight is 364 g/mol. The molecule has 4 N–H and O–H groups in total. The number of nitrogens with one attached hydrogen (secondary N) is 3. The van der Waals surface area contributed by atoms with Crippen molar-refractivity contribution >= 4 is 28.4 Å². The van der Waals surface area contributed by atoms with Crippen molar-refractivity contribution in [2.45, 2.75) is 6.92 Å². The van der Waals surface area contributed by atoms with Gasteiger partial charge in [0.1, 0.15) is 0 Å². The molecule has 7 nitrogen and oxygen atoms in total. The van der Waals surface area contributed by atoms with E-state index in [1.54, 1.807) is 5.48 Å². The molecule has 0 bridgehead atoms. The molecule has 0 spiro atoms. The molecule has 0 saturated carbocycles. The summed E-state index contributed by atoms with van der Waals surface area (Å²) in [4.78, 5) is 28.0. The first kappa shape index (κ1) is 18.3. The predicted octanol–water partition coefficient (Wildman–Crippen LogP) is 2.50. The van der Waals surface area contributed by atoms with Gasteiger partial charge in [-0.05, 0) is 43.3 Å². The highest BCUT2D eigenvalue weighted by Gasteiger charge is 2.08. The molecule has 3 aromatic rings. The Hall–Kier alpha value is -3.45. The molecule has 138 valence electrons. The van der Waals surface area contributed by atoms with E-state index in [9.17, 15) is 9.59 Å². The highest BCUT2D eigenvalue weighted by molar-refractivity contribution is 5.97. The molecular formula is C20H20N4O3. The molecule has 1 aromatic heterocycles. The molecule has 0 radical (unpaired) electrons. The largest absolute Gasteiger partial charge is 0.383 e. The number of anilines is 1. The smallest absolute Gasteiger partial charge is 0.274 e. The lowest BCUT2D eigenvalue weighted by atomic mass is 10.1. The van der Waals surface area contributed by atoms with Gasteiger partial charge >= 0.3 is 0 Å². The number of aromatic nitrogens is 1. The number of carbonyl (C=O) groups is 2. The molecule has 0 atom stereocenters. The molecular weight excluding hydrogens is 344 g/mol.